The lowest BCUT2D eigenvalue weighted by Gasteiger charge is -2.12. The average Bonchev–Trinajstić information content (AvgIpc) is 3.06. The van der Waals surface area contributed by atoms with Crippen molar-refractivity contribution in [1.29, 1.82) is 0 Å². The van der Waals surface area contributed by atoms with Gasteiger partial charge in [0.05, 0.1) is 21.4 Å². The second-order valence-corrected chi connectivity index (χ2v) is 6.98. The Kier molecular flexibility index (Phi) is 5.19. The highest BCUT2D eigenvalue weighted by Crippen LogP contribution is 2.30. The summed E-state index contributed by atoms with van der Waals surface area (Å²) in [6.45, 7) is 0.565. The fourth-order valence-electron chi connectivity index (χ4n) is 3.00. The van der Waals surface area contributed by atoms with Gasteiger partial charge in [-0.25, -0.2) is 4.79 Å². The first-order valence-corrected chi connectivity index (χ1v) is 9.38. The first-order chi connectivity index (χ1) is 13.6. The lowest BCUT2D eigenvalue weighted by atomic mass is 10.2. The van der Waals surface area contributed by atoms with Crippen molar-refractivity contribution in [2.45, 2.75) is 6.54 Å². The van der Waals surface area contributed by atoms with Gasteiger partial charge in [-0.2, -0.15) is 0 Å². The molecule has 0 spiro atoms. The maximum atomic E-state index is 12.8. The Labute approximate surface area is 171 Å². The van der Waals surface area contributed by atoms with Crippen molar-refractivity contribution < 1.29 is 0 Å². The Bertz CT molecular complexity index is 1150. The van der Waals surface area contributed by atoms with E-state index < -0.39 is 0 Å². The molecule has 0 saturated carbocycles. The summed E-state index contributed by atoms with van der Waals surface area (Å²) in [5.74, 6) is 0.605. The molecule has 7 heteroatoms. The zero-order valence-electron chi connectivity index (χ0n) is 14.7. The van der Waals surface area contributed by atoms with Crippen LogP contribution in [0.4, 0.5) is 5.82 Å². The number of aromatic amines is 1. The SMILES string of the molecule is O=c1[nH]c(NCc2ccccc2)c(-c2cccnc2)n1-c1ccc(Cl)c(Cl)c1. The minimum atomic E-state index is -0.284. The predicted octanol–water partition coefficient (Wildman–Crippen LogP) is 5.15. The third-order valence-electron chi connectivity index (χ3n) is 4.30. The summed E-state index contributed by atoms with van der Waals surface area (Å²) in [7, 11) is 0. The molecule has 0 unspecified atom stereocenters. The van der Waals surface area contributed by atoms with Crippen molar-refractivity contribution in [3.05, 3.63) is 99.2 Å². The van der Waals surface area contributed by atoms with Gasteiger partial charge in [0.2, 0.25) is 0 Å². The topological polar surface area (TPSA) is 62.7 Å². The van der Waals surface area contributed by atoms with Crippen LogP contribution in [-0.4, -0.2) is 14.5 Å². The summed E-state index contributed by atoms with van der Waals surface area (Å²) in [5.41, 5.74) is 2.90. The van der Waals surface area contributed by atoms with Crippen LogP contribution < -0.4 is 11.0 Å². The Balaban J connectivity index is 1.83. The number of benzene rings is 2. The van der Waals surface area contributed by atoms with E-state index in [0.29, 0.717) is 33.8 Å². The average molecular weight is 411 g/mol. The van der Waals surface area contributed by atoms with Gasteiger partial charge in [-0.15, -0.1) is 0 Å². The third kappa shape index (κ3) is 3.67. The normalized spacial score (nSPS) is 10.8. The maximum absolute atomic E-state index is 12.8. The van der Waals surface area contributed by atoms with E-state index >= 15 is 0 Å². The molecule has 0 bridgehead atoms. The predicted molar refractivity (Wildman–Crippen MR) is 113 cm³/mol. The van der Waals surface area contributed by atoms with Crippen LogP contribution in [0, 0.1) is 0 Å². The molecule has 2 heterocycles. The van der Waals surface area contributed by atoms with Gasteiger partial charge in [-0.1, -0.05) is 53.5 Å². The Morgan fingerprint density at radius 2 is 1.82 bits per heavy atom. The van der Waals surface area contributed by atoms with Crippen LogP contribution in [0.2, 0.25) is 10.0 Å². The second kappa shape index (κ2) is 7.92. The number of imidazole rings is 1. The highest BCUT2D eigenvalue weighted by atomic mass is 35.5. The summed E-state index contributed by atoms with van der Waals surface area (Å²) in [6.07, 6.45) is 3.40. The van der Waals surface area contributed by atoms with Crippen molar-refractivity contribution >= 4 is 29.0 Å². The van der Waals surface area contributed by atoms with Crippen molar-refractivity contribution in [1.82, 2.24) is 14.5 Å². The summed E-state index contributed by atoms with van der Waals surface area (Å²) >= 11 is 12.2. The molecule has 0 radical (unpaired) electrons. The van der Waals surface area contributed by atoms with Crippen molar-refractivity contribution in [2.24, 2.45) is 0 Å². The van der Waals surface area contributed by atoms with Crippen LogP contribution >= 0.6 is 23.2 Å². The van der Waals surface area contributed by atoms with Crippen molar-refractivity contribution in [2.75, 3.05) is 5.32 Å². The largest absolute Gasteiger partial charge is 0.366 e. The first-order valence-electron chi connectivity index (χ1n) is 8.62. The van der Waals surface area contributed by atoms with E-state index in [0.717, 1.165) is 11.1 Å². The lowest BCUT2D eigenvalue weighted by Crippen LogP contribution is -2.15. The van der Waals surface area contributed by atoms with E-state index in [1.165, 1.54) is 0 Å². The summed E-state index contributed by atoms with van der Waals surface area (Å²) in [4.78, 5) is 19.9. The van der Waals surface area contributed by atoms with Crippen LogP contribution in [0.5, 0.6) is 0 Å². The van der Waals surface area contributed by atoms with E-state index in [1.807, 2.05) is 42.5 Å². The number of nitrogens with zero attached hydrogens (tertiary/aromatic N) is 2. The number of halogens is 2. The molecule has 2 N–H and O–H groups in total. The summed E-state index contributed by atoms with van der Waals surface area (Å²) < 4.78 is 1.56. The monoisotopic (exact) mass is 410 g/mol. The summed E-state index contributed by atoms with van der Waals surface area (Å²) in [6, 6.07) is 18.8. The zero-order chi connectivity index (χ0) is 19.5. The number of hydrogen-bond donors (Lipinski definition) is 2. The molecule has 0 amide bonds. The van der Waals surface area contributed by atoms with E-state index in [9.17, 15) is 4.79 Å². The van der Waals surface area contributed by atoms with E-state index in [1.54, 1.807) is 35.2 Å². The molecule has 0 aliphatic rings. The molecule has 140 valence electrons. The second-order valence-electron chi connectivity index (χ2n) is 6.17. The molecule has 2 aromatic carbocycles. The molecule has 0 saturated heterocycles. The van der Waals surface area contributed by atoms with Crippen LogP contribution in [-0.2, 0) is 6.54 Å². The van der Waals surface area contributed by atoms with Crippen LogP contribution in [0.15, 0.2) is 77.9 Å². The summed E-state index contributed by atoms with van der Waals surface area (Å²) in [5, 5.41) is 4.13. The number of pyridine rings is 1. The van der Waals surface area contributed by atoms with Gasteiger partial charge >= 0.3 is 5.69 Å². The Morgan fingerprint density at radius 1 is 1.00 bits per heavy atom. The van der Waals surface area contributed by atoms with Crippen molar-refractivity contribution in [3.8, 4) is 16.9 Å². The van der Waals surface area contributed by atoms with E-state index in [2.05, 4.69) is 15.3 Å². The fourth-order valence-corrected chi connectivity index (χ4v) is 3.29. The molecule has 5 nitrogen and oxygen atoms in total. The molecule has 2 aromatic heterocycles. The minimum Gasteiger partial charge on any atom is -0.366 e. The molecule has 4 aromatic rings. The van der Waals surface area contributed by atoms with Crippen LogP contribution in [0.3, 0.4) is 0 Å². The van der Waals surface area contributed by atoms with Crippen molar-refractivity contribution in [3.63, 3.8) is 0 Å². The maximum Gasteiger partial charge on any atom is 0.332 e. The van der Waals surface area contributed by atoms with Gasteiger partial charge < -0.3 is 5.32 Å². The standard InChI is InChI=1S/C21H16Cl2N4O/c22-17-9-8-16(11-18(17)23)27-19(15-7-4-10-24-13-15)20(26-21(27)28)25-12-14-5-2-1-3-6-14/h1-11,13,25H,12H2,(H,26,28). The van der Waals surface area contributed by atoms with E-state index in [-0.39, 0.29) is 5.69 Å². The van der Waals surface area contributed by atoms with Gasteiger partial charge in [0.1, 0.15) is 5.82 Å². The molecule has 4 rings (SSSR count). The van der Waals surface area contributed by atoms with Crippen LogP contribution in [0.1, 0.15) is 5.56 Å². The molecule has 28 heavy (non-hydrogen) atoms. The van der Waals surface area contributed by atoms with Crippen LogP contribution in [0.25, 0.3) is 16.9 Å². The van der Waals surface area contributed by atoms with Gasteiger partial charge in [-0.3, -0.25) is 14.5 Å². The molecule has 0 aliphatic carbocycles. The lowest BCUT2D eigenvalue weighted by molar-refractivity contribution is 0.992. The first kappa shape index (κ1) is 18.3. The fraction of sp³-hybridized carbons (Fsp3) is 0.0476. The smallest absolute Gasteiger partial charge is 0.332 e. The highest BCUT2D eigenvalue weighted by molar-refractivity contribution is 6.42. The molecule has 0 atom stereocenters. The van der Waals surface area contributed by atoms with Gasteiger partial charge in [-0.05, 0) is 35.9 Å². The number of hydrogen-bond acceptors (Lipinski definition) is 3. The number of rotatable bonds is 5. The molecule has 0 fully saturated rings. The van der Waals surface area contributed by atoms with E-state index in [4.69, 9.17) is 23.2 Å². The minimum absolute atomic E-state index is 0.284. The van der Waals surface area contributed by atoms with Gasteiger partial charge in [0, 0.05) is 24.5 Å². The Hall–Kier alpha value is -3.02. The Morgan fingerprint density at radius 3 is 2.54 bits per heavy atom. The number of H-pyrrole nitrogens is 1. The quantitative estimate of drug-likeness (QED) is 0.478. The number of nitrogens with one attached hydrogen (secondary N) is 2. The highest BCUT2D eigenvalue weighted by Gasteiger charge is 2.18. The zero-order valence-corrected chi connectivity index (χ0v) is 16.2. The molecular formula is C21H16Cl2N4O. The number of anilines is 1. The number of aromatic nitrogens is 3. The molecule has 0 aliphatic heterocycles. The molecular weight excluding hydrogens is 395 g/mol. The van der Waals surface area contributed by atoms with Gasteiger partial charge in [0.15, 0.2) is 0 Å². The van der Waals surface area contributed by atoms with Gasteiger partial charge in [0.25, 0.3) is 0 Å². The third-order valence-corrected chi connectivity index (χ3v) is 5.04.